The van der Waals surface area contributed by atoms with Crippen LogP contribution in [0.15, 0.2) is 22.7 Å². The lowest BCUT2D eigenvalue weighted by Crippen LogP contribution is -2.13. The molecule has 1 aliphatic heterocycles. The zero-order chi connectivity index (χ0) is 14.3. The molecule has 7 heteroatoms. The molecule has 2 aromatic rings. The summed E-state index contributed by atoms with van der Waals surface area (Å²) in [5.41, 5.74) is 1.87. The van der Waals surface area contributed by atoms with E-state index >= 15 is 0 Å². The van der Waals surface area contributed by atoms with Crippen LogP contribution in [0.1, 0.15) is 16.2 Å². The maximum Gasteiger partial charge on any atom is 0.277 e. The van der Waals surface area contributed by atoms with Gasteiger partial charge in [-0.1, -0.05) is 0 Å². The predicted octanol–water partition coefficient (Wildman–Crippen LogP) is 2.47. The summed E-state index contributed by atoms with van der Waals surface area (Å²) >= 11 is 3.38. The van der Waals surface area contributed by atoms with Crippen LogP contribution in [-0.2, 0) is 7.05 Å². The Balaban J connectivity index is 1.84. The fourth-order valence-electron chi connectivity index (χ4n) is 1.89. The number of halogens is 1. The number of aromatic nitrogens is 2. The maximum absolute atomic E-state index is 12.2. The molecule has 0 bridgehead atoms. The SMILES string of the molecule is Cc1c(Br)c(C(=O)Nc2ccc3c(c2)OCO3)nn1C. The standard InChI is InChI=1S/C13H12BrN3O3/c1-7-11(14)12(16-17(7)2)13(18)15-8-3-4-9-10(5-8)20-6-19-9/h3-5H,6H2,1-2H3,(H,15,18). The number of nitrogens with one attached hydrogen (secondary N) is 1. The van der Waals surface area contributed by atoms with Gasteiger partial charge in [0.15, 0.2) is 17.2 Å². The van der Waals surface area contributed by atoms with Crippen molar-refractivity contribution >= 4 is 27.5 Å². The first-order valence-corrected chi connectivity index (χ1v) is 6.75. The van der Waals surface area contributed by atoms with Gasteiger partial charge in [-0.05, 0) is 35.0 Å². The highest BCUT2D eigenvalue weighted by molar-refractivity contribution is 9.10. The quantitative estimate of drug-likeness (QED) is 0.914. The van der Waals surface area contributed by atoms with Crippen LogP contribution in [0.5, 0.6) is 11.5 Å². The molecule has 1 aromatic carbocycles. The van der Waals surface area contributed by atoms with Crippen LogP contribution >= 0.6 is 15.9 Å². The van der Waals surface area contributed by atoms with Gasteiger partial charge in [-0.3, -0.25) is 9.48 Å². The zero-order valence-corrected chi connectivity index (χ0v) is 12.5. The van der Waals surface area contributed by atoms with Crippen molar-refractivity contribution < 1.29 is 14.3 Å². The van der Waals surface area contributed by atoms with Crippen LogP contribution in [0.4, 0.5) is 5.69 Å². The molecular formula is C13H12BrN3O3. The molecule has 1 amide bonds. The van der Waals surface area contributed by atoms with Crippen LogP contribution in [0.25, 0.3) is 0 Å². The van der Waals surface area contributed by atoms with Crippen LogP contribution in [0.2, 0.25) is 0 Å². The summed E-state index contributed by atoms with van der Waals surface area (Å²) in [5, 5.41) is 6.97. The molecule has 0 unspecified atom stereocenters. The van der Waals surface area contributed by atoms with Gasteiger partial charge in [-0.25, -0.2) is 0 Å². The molecule has 0 spiro atoms. The van der Waals surface area contributed by atoms with Crippen LogP contribution in [0, 0.1) is 6.92 Å². The molecule has 2 heterocycles. The first-order chi connectivity index (χ1) is 9.56. The number of fused-ring (bicyclic) bond motifs is 1. The van der Waals surface area contributed by atoms with Crippen LogP contribution in [0.3, 0.4) is 0 Å². The van der Waals surface area contributed by atoms with Crippen molar-refractivity contribution in [2.45, 2.75) is 6.92 Å². The molecule has 3 rings (SSSR count). The van der Waals surface area contributed by atoms with Crippen molar-refractivity contribution in [2.75, 3.05) is 12.1 Å². The van der Waals surface area contributed by atoms with E-state index in [2.05, 4.69) is 26.3 Å². The molecule has 0 aliphatic carbocycles. The lowest BCUT2D eigenvalue weighted by molar-refractivity contribution is 0.102. The largest absolute Gasteiger partial charge is 0.454 e. The highest BCUT2D eigenvalue weighted by Crippen LogP contribution is 2.34. The number of anilines is 1. The second-order valence-electron chi connectivity index (χ2n) is 4.39. The smallest absolute Gasteiger partial charge is 0.277 e. The number of carbonyl (C=O) groups excluding carboxylic acids is 1. The number of hydrogen-bond donors (Lipinski definition) is 1. The fourth-order valence-corrected chi connectivity index (χ4v) is 2.41. The number of nitrogens with zero attached hydrogens (tertiary/aromatic N) is 2. The Morgan fingerprint density at radius 1 is 1.40 bits per heavy atom. The van der Waals surface area contributed by atoms with E-state index in [0.29, 0.717) is 27.4 Å². The number of amides is 1. The molecule has 0 fully saturated rings. The molecule has 1 aromatic heterocycles. The normalized spacial score (nSPS) is 12.6. The Morgan fingerprint density at radius 3 is 2.85 bits per heavy atom. The van der Waals surface area contributed by atoms with E-state index in [9.17, 15) is 4.79 Å². The third-order valence-electron chi connectivity index (χ3n) is 3.11. The Bertz CT molecular complexity index is 696. The summed E-state index contributed by atoms with van der Waals surface area (Å²) in [6, 6.07) is 5.25. The number of hydrogen-bond acceptors (Lipinski definition) is 4. The molecular weight excluding hydrogens is 326 g/mol. The summed E-state index contributed by atoms with van der Waals surface area (Å²) in [7, 11) is 1.79. The number of ether oxygens (including phenoxy) is 2. The van der Waals surface area contributed by atoms with Crippen molar-refractivity contribution in [1.29, 1.82) is 0 Å². The van der Waals surface area contributed by atoms with Crippen molar-refractivity contribution in [2.24, 2.45) is 7.05 Å². The van der Waals surface area contributed by atoms with E-state index in [4.69, 9.17) is 9.47 Å². The molecule has 6 nitrogen and oxygen atoms in total. The molecule has 104 valence electrons. The van der Waals surface area contributed by atoms with Gasteiger partial charge in [0.25, 0.3) is 5.91 Å². The summed E-state index contributed by atoms with van der Waals surface area (Å²) in [6.07, 6.45) is 0. The molecule has 1 aliphatic rings. The van der Waals surface area contributed by atoms with Gasteiger partial charge in [0.1, 0.15) is 0 Å². The third kappa shape index (κ3) is 2.14. The summed E-state index contributed by atoms with van der Waals surface area (Å²) < 4.78 is 12.8. The van der Waals surface area contributed by atoms with Crippen molar-refractivity contribution in [3.05, 3.63) is 34.1 Å². The van der Waals surface area contributed by atoms with Gasteiger partial charge in [-0.2, -0.15) is 5.10 Å². The lowest BCUT2D eigenvalue weighted by Gasteiger charge is -2.04. The van der Waals surface area contributed by atoms with E-state index < -0.39 is 0 Å². The average Bonchev–Trinajstić information content (AvgIpc) is 2.98. The van der Waals surface area contributed by atoms with Gasteiger partial charge >= 0.3 is 0 Å². The van der Waals surface area contributed by atoms with Gasteiger partial charge in [0.2, 0.25) is 6.79 Å². The minimum absolute atomic E-state index is 0.206. The van der Waals surface area contributed by atoms with Gasteiger partial charge in [0, 0.05) is 18.8 Å². The molecule has 0 atom stereocenters. The summed E-state index contributed by atoms with van der Waals surface area (Å²) in [6.45, 7) is 2.09. The second-order valence-corrected chi connectivity index (χ2v) is 5.19. The van der Waals surface area contributed by atoms with Crippen molar-refractivity contribution in [1.82, 2.24) is 9.78 Å². The van der Waals surface area contributed by atoms with Crippen LogP contribution < -0.4 is 14.8 Å². The number of benzene rings is 1. The highest BCUT2D eigenvalue weighted by Gasteiger charge is 2.19. The fraction of sp³-hybridized carbons (Fsp3) is 0.231. The average molecular weight is 338 g/mol. The maximum atomic E-state index is 12.2. The number of carbonyl (C=O) groups is 1. The first kappa shape index (κ1) is 13.0. The monoisotopic (exact) mass is 337 g/mol. The van der Waals surface area contributed by atoms with E-state index in [0.717, 1.165) is 5.69 Å². The molecule has 0 radical (unpaired) electrons. The summed E-state index contributed by atoms with van der Waals surface area (Å²) in [5.74, 6) is 1.02. The number of rotatable bonds is 2. The van der Waals surface area contributed by atoms with E-state index in [-0.39, 0.29) is 12.7 Å². The molecule has 20 heavy (non-hydrogen) atoms. The Hall–Kier alpha value is -2.02. The van der Waals surface area contributed by atoms with Crippen LogP contribution in [-0.4, -0.2) is 22.5 Å². The van der Waals surface area contributed by atoms with Gasteiger partial charge in [0.05, 0.1) is 10.2 Å². The topological polar surface area (TPSA) is 65.4 Å². The van der Waals surface area contributed by atoms with Crippen molar-refractivity contribution in [3.8, 4) is 11.5 Å². The van der Waals surface area contributed by atoms with Gasteiger partial charge < -0.3 is 14.8 Å². The summed E-state index contributed by atoms with van der Waals surface area (Å²) in [4.78, 5) is 12.2. The lowest BCUT2D eigenvalue weighted by atomic mass is 10.2. The minimum atomic E-state index is -0.278. The van der Waals surface area contributed by atoms with E-state index in [1.807, 2.05) is 6.92 Å². The third-order valence-corrected chi connectivity index (χ3v) is 4.06. The predicted molar refractivity (Wildman–Crippen MR) is 76.2 cm³/mol. The number of aryl methyl sites for hydroxylation is 1. The highest BCUT2D eigenvalue weighted by atomic mass is 79.9. The van der Waals surface area contributed by atoms with Crippen molar-refractivity contribution in [3.63, 3.8) is 0 Å². The minimum Gasteiger partial charge on any atom is -0.454 e. The molecule has 1 N–H and O–H groups in total. The second kappa shape index (κ2) is 4.82. The Morgan fingerprint density at radius 2 is 2.15 bits per heavy atom. The molecule has 0 saturated carbocycles. The first-order valence-electron chi connectivity index (χ1n) is 5.96. The van der Waals surface area contributed by atoms with Gasteiger partial charge in [-0.15, -0.1) is 0 Å². The van der Waals surface area contributed by atoms with E-state index in [1.165, 1.54) is 0 Å². The van der Waals surface area contributed by atoms with E-state index in [1.54, 1.807) is 29.9 Å². The Kier molecular flexibility index (Phi) is 3.13. The Labute approximate surface area is 123 Å². The molecule has 0 saturated heterocycles. The zero-order valence-electron chi connectivity index (χ0n) is 10.9.